The van der Waals surface area contributed by atoms with Crippen molar-refractivity contribution in [1.82, 2.24) is 10.2 Å². The summed E-state index contributed by atoms with van der Waals surface area (Å²) >= 11 is 0. The minimum atomic E-state index is 0.346. The van der Waals surface area contributed by atoms with Crippen molar-refractivity contribution in [2.24, 2.45) is 5.92 Å². The molecule has 1 aliphatic carbocycles. The molecule has 3 heteroatoms. The van der Waals surface area contributed by atoms with E-state index in [1.165, 1.54) is 45.1 Å². The molecule has 2 atom stereocenters. The van der Waals surface area contributed by atoms with E-state index in [0.717, 1.165) is 25.6 Å². The molecule has 3 nitrogen and oxygen atoms in total. The van der Waals surface area contributed by atoms with Gasteiger partial charge in [0.05, 0.1) is 12.7 Å². The summed E-state index contributed by atoms with van der Waals surface area (Å²) in [6.07, 6.45) is 8.56. The first-order valence-electron chi connectivity index (χ1n) is 9.17. The van der Waals surface area contributed by atoms with E-state index in [1.807, 2.05) is 0 Å². The Balaban J connectivity index is 1.96. The highest BCUT2D eigenvalue weighted by Gasteiger charge is 2.40. The van der Waals surface area contributed by atoms with Gasteiger partial charge in [0.25, 0.3) is 0 Å². The summed E-state index contributed by atoms with van der Waals surface area (Å²) in [7, 11) is 0. The fourth-order valence-corrected chi connectivity index (χ4v) is 4.06. The van der Waals surface area contributed by atoms with Crippen LogP contribution in [0.4, 0.5) is 0 Å². The lowest BCUT2D eigenvalue weighted by molar-refractivity contribution is -0.00191. The zero-order valence-electron chi connectivity index (χ0n) is 14.7. The summed E-state index contributed by atoms with van der Waals surface area (Å²) in [5.74, 6) is 0.762. The van der Waals surface area contributed by atoms with Crippen LogP contribution in [-0.2, 0) is 4.74 Å². The molecule has 1 saturated carbocycles. The second kappa shape index (κ2) is 7.94. The maximum absolute atomic E-state index is 5.82. The van der Waals surface area contributed by atoms with E-state index >= 15 is 0 Å². The first-order chi connectivity index (χ1) is 10.1. The summed E-state index contributed by atoms with van der Waals surface area (Å²) < 4.78 is 5.82. The molecule has 0 aromatic heterocycles. The number of nitrogens with zero attached hydrogens (tertiary/aromatic N) is 1. The molecule has 0 radical (unpaired) electrons. The van der Waals surface area contributed by atoms with Crippen molar-refractivity contribution in [2.45, 2.75) is 83.9 Å². The van der Waals surface area contributed by atoms with Crippen molar-refractivity contribution in [2.75, 3.05) is 26.2 Å². The third kappa shape index (κ3) is 4.67. The van der Waals surface area contributed by atoms with Gasteiger partial charge in [-0.15, -0.1) is 0 Å². The highest BCUT2D eigenvalue weighted by Crippen LogP contribution is 2.33. The van der Waals surface area contributed by atoms with Crippen LogP contribution in [0.2, 0.25) is 0 Å². The molecule has 1 spiro atoms. The average molecular weight is 296 g/mol. The molecule has 21 heavy (non-hydrogen) atoms. The fourth-order valence-electron chi connectivity index (χ4n) is 4.06. The van der Waals surface area contributed by atoms with Crippen molar-refractivity contribution < 1.29 is 4.74 Å². The Labute approximate surface area is 131 Å². The van der Waals surface area contributed by atoms with Gasteiger partial charge in [0.1, 0.15) is 0 Å². The van der Waals surface area contributed by atoms with Gasteiger partial charge >= 0.3 is 0 Å². The van der Waals surface area contributed by atoms with Crippen LogP contribution in [0.25, 0.3) is 0 Å². The van der Waals surface area contributed by atoms with Gasteiger partial charge in [-0.2, -0.15) is 0 Å². The summed E-state index contributed by atoms with van der Waals surface area (Å²) in [6.45, 7) is 13.3. The number of hydrogen-bond acceptors (Lipinski definition) is 3. The SMILES string of the molecule is CCC(C)C1CNC2(CCCCC2)CN1CCOC(C)C. The van der Waals surface area contributed by atoms with Gasteiger partial charge in [-0.05, 0) is 32.6 Å². The molecule has 1 saturated heterocycles. The largest absolute Gasteiger partial charge is 0.377 e. The molecule has 0 aromatic carbocycles. The molecule has 1 N–H and O–H groups in total. The summed E-state index contributed by atoms with van der Waals surface area (Å²) in [5.41, 5.74) is 0.403. The molecule has 2 rings (SSSR count). The van der Waals surface area contributed by atoms with Crippen LogP contribution >= 0.6 is 0 Å². The summed E-state index contributed by atoms with van der Waals surface area (Å²) in [5, 5.41) is 3.95. The Morgan fingerprint density at radius 3 is 2.52 bits per heavy atom. The van der Waals surface area contributed by atoms with Crippen LogP contribution in [0.15, 0.2) is 0 Å². The van der Waals surface area contributed by atoms with Crippen molar-refractivity contribution in [1.29, 1.82) is 0 Å². The van der Waals surface area contributed by atoms with Crippen molar-refractivity contribution >= 4 is 0 Å². The minimum absolute atomic E-state index is 0.346. The molecule has 0 aromatic rings. The maximum Gasteiger partial charge on any atom is 0.0597 e. The topological polar surface area (TPSA) is 24.5 Å². The number of piperazine rings is 1. The summed E-state index contributed by atoms with van der Waals surface area (Å²) in [6, 6.07) is 0.679. The van der Waals surface area contributed by atoms with E-state index in [-0.39, 0.29) is 0 Å². The van der Waals surface area contributed by atoms with Gasteiger partial charge in [-0.25, -0.2) is 0 Å². The Morgan fingerprint density at radius 1 is 1.19 bits per heavy atom. The Hall–Kier alpha value is -0.120. The van der Waals surface area contributed by atoms with E-state index in [0.29, 0.717) is 17.7 Å². The third-order valence-corrected chi connectivity index (χ3v) is 5.60. The van der Waals surface area contributed by atoms with E-state index in [9.17, 15) is 0 Å². The van der Waals surface area contributed by atoms with E-state index in [1.54, 1.807) is 0 Å². The zero-order chi connectivity index (χ0) is 15.3. The third-order valence-electron chi connectivity index (χ3n) is 5.60. The van der Waals surface area contributed by atoms with Crippen LogP contribution < -0.4 is 5.32 Å². The number of rotatable bonds is 6. The average Bonchev–Trinajstić information content (AvgIpc) is 2.47. The molecule has 2 unspecified atom stereocenters. The number of hydrogen-bond donors (Lipinski definition) is 1. The van der Waals surface area contributed by atoms with E-state index in [4.69, 9.17) is 4.74 Å². The molecule has 124 valence electrons. The first-order valence-corrected chi connectivity index (χ1v) is 9.17. The van der Waals surface area contributed by atoms with Gasteiger partial charge in [-0.1, -0.05) is 39.5 Å². The molecule has 0 bridgehead atoms. The quantitative estimate of drug-likeness (QED) is 0.812. The second-order valence-corrected chi connectivity index (χ2v) is 7.56. The van der Waals surface area contributed by atoms with Crippen LogP contribution in [0.1, 0.15) is 66.2 Å². The maximum atomic E-state index is 5.82. The van der Waals surface area contributed by atoms with Gasteiger partial charge < -0.3 is 10.1 Å². The van der Waals surface area contributed by atoms with Crippen molar-refractivity contribution in [3.05, 3.63) is 0 Å². The van der Waals surface area contributed by atoms with Gasteiger partial charge in [-0.3, -0.25) is 4.90 Å². The first kappa shape index (κ1) is 17.2. The molecule has 1 aliphatic heterocycles. The van der Waals surface area contributed by atoms with Gasteiger partial charge in [0.2, 0.25) is 0 Å². The monoisotopic (exact) mass is 296 g/mol. The predicted octanol–water partition coefficient (Wildman–Crippen LogP) is 3.43. The fraction of sp³-hybridized carbons (Fsp3) is 1.00. The number of nitrogens with one attached hydrogen (secondary N) is 1. The lowest BCUT2D eigenvalue weighted by atomic mass is 9.78. The minimum Gasteiger partial charge on any atom is -0.377 e. The lowest BCUT2D eigenvalue weighted by Gasteiger charge is -2.51. The molecular weight excluding hydrogens is 260 g/mol. The summed E-state index contributed by atoms with van der Waals surface area (Å²) in [4.78, 5) is 2.73. The predicted molar refractivity (Wildman–Crippen MR) is 89.7 cm³/mol. The highest BCUT2D eigenvalue weighted by atomic mass is 16.5. The highest BCUT2D eigenvalue weighted by molar-refractivity contribution is 5.00. The van der Waals surface area contributed by atoms with Crippen LogP contribution in [-0.4, -0.2) is 48.8 Å². The normalized spacial score (nSPS) is 28.1. The molecule has 1 heterocycles. The Bertz CT molecular complexity index is 300. The smallest absolute Gasteiger partial charge is 0.0597 e. The van der Waals surface area contributed by atoms with Gasteiger partial charge in [0, 0.05) is 31.2 Å². The lowest BCUT2D eigenvalue weighted by Crippen LogP contribution is -2.66. The Kier molecular flexibility index (Phi) is 6.51. The molecule has 2 aliphatic rings. The van der Waals surface area contributed by atoms with Gasteiger partial charge in [0.15, 0.2) is 0 Å². The second-order valence-electron chi connectivity index (χ2n) is 7.56. The van der Waals surface area contributed by atoms with E-state index < -0.39 is 0 Å². The van der Waals surface area contributed by atoms with E-state index in [2.05, 4.69) is 37.9 Å². The van der Waals surface area contributed by atoms with Crippen LogP contribution in [0.3, 0.4) is 0 Å². The zero-order valence-corrected chi connectivity index (χ0v) is 14.7. The van der Waals surface area contributed by atoms with Crippen molar-refractivity contribution in [3.8, 4) is 0 Å². The molecule has 2 fully saturated rings. The molecular formula is C18H36N2O. The van der Waals surface area contributed by atoms with Crippen LogP contribution in [0, 0.1) is 5.92 Å². The number of ether oxygens (including phenoxy) is 1. The molecule has 0 amide bonds. The Morgan fingerprint density at radius 2 is 1.90 bits per heavy atom. The standard InChI is InChI=1S/C18H36N2O/c1-5-16(4)17-13-19-18(9-7-6-8-10-18)14-20(17)11-12-21-15(2)3/h15-17,19H,5-14H2,1-4H3. The van der Waals surface area contributed by atoms with Crippen molar-refractivity contribution in [3.63, 3.8) is 0 Å². The van der Waals surface area contributed by atoms with Crippen LogP contribution in [0.5, 0.6) is 0 Å².